The third-order valence-corrected chi connectivity index (χ3v) is 6.04. The van der Waals surface area contributed by atoms with Crippen LogP contribution in [0.3, 0.4) is 0 Å². The fourth-order valence-electron chi connectivity index (χ4n) is 2.84. The summed E-state index contributed by atoms with van der Waals surface area (Å²) in [6, 6.07) is 15.9. The largest absolute Gasteiger partial charge is 0.502 e. The van der Waals surface area contributed by atoms with Gasteiger partial charge in [0.25, 0.3) is 10.0 Å². The maximum absolute atomic E-state index is 12.3. The number of hydrazone groups is 1. The van der Waals surface area contributed by atoms with Crippen molar-refractivity contribution >= 4 is 33.5 Å². The number of nitrogens with zero attached hydrogens (tertiary/aromatic N) is 2. The number of nitro groups is 1. The highest BCUT2D eigenvalue weighted by Crippen LogP contribution is 2.32. The van der Waals surface area contributed by atoms with Gasteiger partial charge in [-0.1, -0.05) is 47.5 Å². The number of phenols is 1. The first-order valence-electron chi connectivity index (χ1n) is 9.02. The summed E-state index contributed by atoms with van der Waals surface area (Å²) in [4.78, 5) is 12.7. The summed E-state index contributed by atoms with van der Waals surface area (Å²) in [6.07, 6.45) is 1.29. The Balaban J connectivity index is 1.90. The van der Waals surface area contributed by atoms with Gasteiger partial charge in [-0.15, -0.1) is 0 Å². The van der Waals surface area contributed by atoms with Gasteiger partial charge in [-0.3, -0.25) is 10.1 Å². The van der Waals surface area contributed by atoms with Crippen LogP contribution in [0.5, 0.6) is 5.75 Å². The Hall–Kier alpha value is -3.43. The quantitative estimate of drug-likeness (QED) is 0.312. The average Bonchev–Trinajstić information content (AvgIpc) is 2.71. The molecule has 31 heavy (non-hydrogen) atoms. The van der Waals surface area contributed by atoms with Crippen LogP contribution in [-0.4, -0.2) is 24.7 Å². The highest BCUT2D eigenvalue weighted by atomic mass is 35.5. The fourth-order valence-corrected chi connectivity index (χ4v) is 3.83. The minimum Gasteiger partial charge on any atom is -0.502 e. The van der Waals surface area contributed by atoms with Crippen molar-refractivity contribution < 1.29 is 18.4 Å². The second-order valence-corrected chi connectivity index (χ2v) is 8.81. The molecule has 0 aromatic heterocycles. The second kappa shape index (κ2) is 9.15. The molecule has 0 spiro atoms. The van der Waals surface area contributed by atoms with Crippen molar-refractivity contribution in [3.63, 3.8) is 0 Å². The minimum atomic E-state index is -3.93. The van der Waals surface area contributed by atoms with Crippen LogP contribution in [0.4, 0.5) is 5.69 Å². The summed E-state index contributed by atoms with van der Waals surface area (Å²) in [6.45, 7) is 1.83. The van der Waals surface area contributed by atoms with Crippen molar-refractivity contribution in [1.82, 2.24) is 4.83 Å². The van der Waals surface area contributed by atoms with Gasteiger partial charge in [-0.05, 0) is 48.7 Å². The van der Waals surface area contributed by atoms with Gasteiger partial charge < -0.3 is 5.11 Å². The Bertz CT molecular complexity index is 1260. The third-order valence-electron chi connectivity index (χ3n) is 4.44. The number of aryl methyl sites for hydroxylation is 1. The number of hydrogen-bond acceptors (Lipinski definition) is 6. The van der Waals surface area contributed by atoms with Gasteiger partial charge in [-0.2, -0.15) is 13.5 Å². The van der Waals surface area contributed by atoms with Crippen LogP contribution in [0.15, 0.2) is 70.7 Å². The summed E-state index contributed by atoms with van der Waals surface area (Å²) >= 11 is 6.16. The number of phenolic OH excluding ortho intramolecular Hbond substituents is 1. The Labute approximate surface area is 184 Å². The number of nitrogens with one attached hydrogen (secondary N) is 1. The van der Waals surface area contributed by atoms with Crippen molar-refractivity contribution in [1.29, 1.82) is 0 Å². The lowest BCUT2D eigenvalue weighted by molar-refractivity contribution is -0.385. The summed E-state index contributed by atoms with van der Waals surface area (Å²) in [7, 11) is -3.93. The zero-order valence-corrected chi connectivity index (χ0v) is 17.9. The van der Waals surface area contributed by atoms with E-state index in [-0.39, 0.29) is 16.9 Å². The van der Waals surface area contributed by atoms with Gasteiger partial charge in [-0.25, -0.2) is 4.83 Å². The lowest BCUT2D eigenvalue weighted by atomic mass is 10.0. The zero-order chi connectivity index (χ0) is 22.6. The van der Waals surface area contributed by atoms with Gasteiger partial charge in [0, 0.05) is 16.7 Å². The van der Waals surface area contributed by atoms with Crippen LogP contribution in [-0.2, 0) is 16.4 Å². The first-order chi connectivity index (χ1) is 14.7. The van der Waals surface area contributed by atoms with Crippen molar-refractivity contribution in [2.45, 2.75) is 18.2 Å². The van der Waals surface area contributed by atoms with Gasteiger partial charge in [0.05, 0.1) is 16.0 Å². The SMILES string of the molecule is Cc1ccc(S(=O)(=O)N/N=C/c2cc(Cc3ccccc3Cl)cc([N+](=O)[O-])c2O)cc1. The Morgan fingerprint density at radius 3 is 2.48 bits per heavy atom. The number of sulfonamides is 1. The third kappa shape index (κ3) is 5.39. The summed E-state index contributed by atoms with van der Waals surface area (Å²) in [5.74, 6) is -0.619. The Kier molecular flexibility index (Phi) is 6.57. The van der Waals surface area contributed by atoms with E-state index >= 15 is 0 Å². The molecule has 10 heteroatoms. The Morgan fingerprint density at radius 1 is 1.16 bits per heavy atom. The molecule has 0 saturated heterocycles. The van der Waals surface area contributed by atoms with E-state index in [1.54, 1.807) is 36.4 Å². The van der Waals surface area contributed by atoms with Crippen molar-refractivity contribution in [2.75, 3.05) is 0 Å². The predicted octanol–water partition coefficient (Wildman–Crippen LogP) is 4.17. The summed E-state index contributed by atoms with van der Waals surface area (Å²) in [5, 5.41) is 25.8. The molecule has 0 unspecified atom stereocenters. The van der Waals surface area contributed by atoms with E-state index in [4.69, 9.17) is 11.6 Å². The lowest BCUT2D eigenvalue weighted by Gasteiger charge is -2.08. The number of benzene rings is 3. The normalized spacial score (nSPS) is 11.5. The van der Waals surface area contributed by atoms with E-state index in [1.165, 1.54) is 24.3 Å². The van der Waals surface area contributed by atoms with E-state index in [2.05, 4.69) is 5.10 Å². The molecule has 0 aliphatic heterocycles. The van der Waals surface area contributed by atoms with Crippen LogP contribution in [0.1, 0.15) is 22.3 Å². The highest BCUT2D eigenvalue weighted by Gasteiger charge is 2.19. The molecule has 0 aliphatic rings. The van der Waals surface area contributed by atoms with Gasteiger partial charge in [0.1, 0.15) is 0 Å². The topological polar surface area (TPSA) is 122 Å². The molecule has 0 saturated carbocycles. The van der Waals surface area contributed by atoms with Crippen LogP contribution >= 0.6 is 11.6 Å². The molecule has 160 valence electrons. The number of halogens is 1. The van der Waals surface area contributed by atoms with E-state index < -0.39 is 26.4 Å². The highest BCUT2D eigenvalue weighted by molar-refractivity contribution is 7.89. The number of rotatable bonds is 7. The van der Waals surface area contributed by atoms with Crippen LogP contribution in [0, 0.1) is 17.0 Å². The van der Waals surface area contributed by atoms with Gasteiger partial charge in [0.15, 0.2) is 0 Å². The molecule has 0 aliphatic carbocycles. The smallest absolute Gasteiger partial charge is 0.311 e. The van der Waals surface area contributed by atoms with Crippen LogP contribution < -0.4 is 4.83 Å². The summed E-state index contributed by atoms with van der Waals surface area (Å²) < 4.78 is 24.7. The van der Waals surface area contributed by atoms with E-state index in [0.29, 0.717) is 10.6 Å². The number of hydrogen-bond donors (Lipinski definition) is 2. The Morgan fingerprint density at radius 2 is 1.84 bits per heavy atom. The van der Waals surface area contributed by atoms with Crippen molar-refractivity contribution in [3.8, 4) is 5.75 Å². The average molecular weight is 460 g/mol. The standard InChI is InChI=1S/C21H18ClN3O5S/c1-14-6-8-18(9-7-14)31(29,30)24-23-13-17-11-15(12-20(21(17)26)25(27)28)10-16-4-2-3-5-19(16)22/h2-9,11-13,24,26H,10H2,1H3/b23-13+. The van der Waals surface area contributed by atoms with Gasteiger partial charge >= 0.3 is 5.69 Å². The van der Waals surface area contributed by atoms with E-state index in [1.807, 2.05) is 11.8 Å². The molecule has 2 N–H and O–H groups in total. The molecule has 0 heterocycles. The van der Waals surface area contributed by atoms with Crippen LogP contribution in [0.2, 0.25) is 5.02 Å². The van der Waals surface area contributed by atoms with E-state index in [9.17, 15) is 23.6 Å². The zero-order valence-electron chi connectivity index (χ0n) is 16.3. The lowest BCUT2D eigenvalue weighted by Crippen LogP contribution is -2.18. The first kappa shape index (κ1) is 22.3. The first-order valence-corrected chi connectivity index (χ1v) is 10.9. The predicted molar refractivity (Wildman–Crippen MR) is 118 cm³/mol. The van der Waals surface area contributed by atoms with Crippen molar-refractivity contribution in [3.05, 3.63) is 98.1 Å². The maximum Gasteiger partial charge on any atom is 0.311 e. The molecule has 8 nitrogen and oxygen atoms in total. The molecule has 0 atom stereocenters. The maximum atomic E-state index is 12.3. The molecule has 0 bridgehead atoms. The molecule has 0 amide bonds. The molecular formula is C21H18ClN3O5S. The molecule has 0 radical (unpaired) electrons. The summed E-state index contributed by atoms with van der Waals surface area (Å²) in [5.41, 5.74) is 1.61. The van der Waals surface area contributed by atoms with Crippen LogP contribution in [0.25, 0.3) is 0 Å². The molecule has 3 aromatic rings. The number of nitro benzene ring substituents is 1. The number of aromatic hydroxyl groups is 1. The molecule has 0 fully saturated rings. The van der Waals surface area contributed by atoms with Gasteiger partial charge in [0.2, 0.25) is 5.75 Å². The molecule has 3 rings (SSSR count). The van der Waals surface area contributed by atoms with E-state index in [0.717, 1.165) is 17.3 Å². The van der Waals surface area contributed by atoms with Crippen molar-refractivity contribution in [2.24, 2.45) is 5.10 Å². The molecule has 3 aromatic carbocycles. The molecular weight excluding hydrogens is 442 g/mol. The second-order valence-electron chi connectivity index (χ2n) is 6.74. The fraction of sp³-hybridized carbons (Fsp3) is 0.0952. The minimum absolute atomic E-state index is 0.0112. The monoisotopic (exact) mass is 459 g/mol.